The lowest BCUT2D eigenvalue weighted by Crippen LogP contribution is -2.41. The zero-order valence-corrected chi connectivity index (χ0v) is 22.0. The van der Waals surface area contributed by atoms with Gasteiger partial charge in [-0.05, 0) is 77.4 Å². The summed E-state index contributed by atoms with van der Waals surface area (Å²) < 4.78 is 7.20. The lowest BCUT2D eigenvalue weighted by atomic mass is 9.92. The van der Waals surface area contributed by atoms with Gasteiger partial charge in [0.25, 0.3) is 5.56 Å². The van der Waals surface area contributed by atoms with E-state index < -0.39 is 0 Å². The van der Waals surface area contributed by atoms with Crippen LogP contribution in [-0.2, 0) is 13.1 Å². The molecule has 8 heteroatoms. The van der Waals surface area contributed by atoms with Crippen molar-refractivity contribution in [1.82, 2.24) is 30.1 Å². The van der Waals surface area contributed by atoms with Crippen LogP contribution >= 0.6 is 0 Å². The van der Waals surface area contributed by atoms with E-state index in [1.807, 2.05) is 41.9 Å². The second-order valence-corrected chi connectivity index (χ2v) is 10.1. The van der Waals surface area contributed by atoms with Crippen molar-refractivity contribution in [3.05, 3.63) is 81.4 Å². The van der Waals surface area contributed by atoms with Crippen molar-refractivity contribution in [3.8, 4) is 5.75 Å². The summed E-state index contributed by atoms with van der Waals surface area (Å²) in [6.07, 6.45) is 6.79. The van der Waals surface area contributed by atoms with Crippen LogP contribution in [0.4, 0.5) is 0 Å². The first-order chi connectivity index (χ1) is 18.1. The number of nitrogens with zero attached hydrogens (tertiary/aromatic N) is 5. The number of benzene rings is 2. The first kappa shape index (κ1) is 25.1. The smallest absolute Gasteiger partial charge is 0.252 e. The van der Waals surface area contributed by atoms with Gasteiger partial charge in [0, 0.05) is 23.7 Å². The number of nitrogens with one attached hydrogen (secondary N) is 1. The summed E-state index contributed by atoms with van der Waals surface area (Å²) in [5.41, 5.74) is 3.89. The topological polar surface area (TPSA) is 88.9 Å². The van der Waals surface area contributed by atoms with Gasteiger partial charge in [-0.3, -0.25) is 9.69 Å². The van der Waals surface area contributed by atoms with Gasteiger partial charge < -0.3 is 9.72 Å². The van der Waals surface area contributed by atoms with Crippen LogP contribution < -0.4 is 10.3 Å². The van der Waals surface area contributed by atoms with E-state index in [1.165, 1.54) is 19.3 Å². The number of aryl methyl sites for hydroxylation is 1. The summed E-state index contributed by atoms with van der Waals surface area (Å²) in [6.45, 7) is 5.37. The fourth-order valence-corrected chi connectivity index (χ4v) is 5.61. The Bertz CT molecular complexity index is 1390. The molecule has 1 atom stereocenters. The highest BCUT2D eigenvalue weighted by Gasteiger charge is 2.32. The highest BCUT2D eigenvalue weighted by atomic mass is 16.5. The third-order valence-electron chi connectivity index (χ3n) is 7.61. The number of aromatic amines is 1. The van der Waals surface area contributed by atoms with Crippen molar-refractivity contribution < 1.29 is 4.74 Å². The standard InChI is InChI=1S/C29H36N6O2/c1-4-27(28-31-32-33-35(28)18-21-11-14-25(37-3)15-12-21)34(24-8-6-5-7-9-24)19-23-17-22-13-10-20(2)16-26(22)30-29(23)36/h10-17,24,27H,4-9,18-19H2,1-3H3,(H,30,36)/t27-/m0/s1. The molecule has 0 saturated heterocycles. The second-order valence-electron chi connectivity index (χ2n) is 10.1. The van der Waals surface area contributed by atoms with E-state index in [-0.39, 0.29) is 11.6 Å². The Kier molecular flexibility index (Phi) is 7.65. The van der Waals surface area contributed by atoms with Crippen LogP contribution in [0, 0.1) is 6.92 Å². The molecule has 1 fully saturated rings. The first-order valence-corrected chi connectivity index (χ1v) is 13.3. The third-order valence-corrected chi connectivity index (χ3v) is 7.61. The van der Waals surface area contributed by atoms with E-state index in [2.05, 4.69) is 50.5 Å². The largest absolute Gasteiger partial charge is 0.497 e. The normalized spacial score (nSPS) is 15.4. The molecule has 37 heavy (non-hydrogen) atoms. The predicted molar refractivity (Wildman–Crippen MR) is 145 cm³/mol. The van der Waals surface area contributed by atoms with Gasteiger partial charge in [-0.15, -0.1) is 5.10 Å². The summed E-state index contributed by atoms with van der Waals surface area (Å²) in [4.78, 5) is 18.8. The van der Waals surface area contributed by atoms with Gasteiger partial charge in [0.15, 0.2) is 5.82 Å². The SMILES string of the molecule is CC[C@@H](c1nnnn1Cc1ccc(OC)cc1)N(Cc1cc2ccc(C)cc2[nH]c1=O)C1CCCCC1. The minimum atomic E-state index is -0.0217. The average Bonchev–Trinajstić information content (AvgIpc) is 3.37. The van der Waals surface area contributed by atoms with Gasteiger partial charge in [0.1, 0.15) is 5.75 Å². The Morgan fingerprint density at radius 2 is 1.89 bits per heavy atom. The van der Waals surface area contributed by atoms with Crippen LogP contribution in [0.1, 0.15) is 74.0 Å². The molecule has 2 heterocycles. The van der Waals surface area contributed by atoms with Crippen LogP contribution in [-0.4, -0.2) is 43.2 Å². The summed E-state index contributed by atoms with van der Waals surface area (Å²) in [6, 6.07) is 16.6. The summed E-state index contributed by atoms with van der Waals surface area (Å²) in [5, 5.41) is 14.0. The number of H-pyrrole nitrogens is 1. The van der Waals surface area contributed by atoms with E-state index >= 15 is 0 Å². The van der Waals surface area contributed by atoms with Gasteiger partial charge in [-0.1, -0.05) is 50.5 Å². The molecule has 0 bridgehead atoms. The number of ether oxygens (including phenoxy) is 1. The molecule has 4 aromatic rings. The van der Waals surface area contributed by atoms with E-state index in [0.29, 0.717) is 19.1 Å². The van der Waals surface area contributed by atoms with Gasteiger partial charge in [0.05, 0.1) is 19.7 Å². The van der Waals surface area contributed by atoms with Crippen molar-refractivity contribution in [2.24, 2.45) is 0 Å². The van der Waals surface area contributed by atoms with Gasteiger partial charge >= 0.3 is 0 Å². The molecule has 5 rings (SSSR count). The van der Waals surface area contributed by atoms with Crippen LogP contribution in [0.15, 0.2) is 53.3 Å². The summed E-state index contributed by atoms with van der Waals surface area (Å²) >= 11 is 0. The molecule has 0 spiro atoms. The zero-order chi connectivity index (χ0) is 25.8. The van der Waals surface area contributed by atoms with E-state index in [4.69, 9.17) is 4.74 Å². The Morgan fingerprint density at radius 1 is 1.11 bits per heavy atom. The molecule has 1 aliphatic rings. The molecule has 8 nitrogen and oxygen atoms in total. The fraction of sp³-hybridized carbons (Fsp3) is 0.448. The average molecular weight is 501 g/mol. The number of hydrogen-bond acceptors (Lipinski definition) is 6. The van der Waals surface area contributed by atoms with Crippen molar-refractivity contribution in [3.63, 3.8) is 0 Å². The number of rotatable bonds is 9. The molecule has 194 valence electrons. The molecule has 0 aliphatic heterocycles. The minimum absolute atomic E-state index is 0.00413. The number of hydrogen-bond donors (Lipinski definition) is 1. The van der Waals surface area contributed by atoms with Crippen LogP contribution in [0.3, 0.4) is 0 Å². The number of pyridine rings is 1. The maximum atomic E-state index is 13.2. The highest BCUT2D eigenvalue weighted by molar-refractivity contribution is 5.79. The van der Waals surface area contributed by atoms with Crippen LogP contribution in [0.25, 0.3) is 10.9 Å². The fourth-order valence-electron chi connectivity index (χ4n) is 5.61. The van der Waals surface area contributed by atoms with E-state index in [1.54, 1.807) is 7.11 Å². The maximum absolute atomic E-state index is 13.2. The quantitative estimate of drug-likeness (QED) is 0.341. The molecule has 1 aliphatic carbocycles. The predicted octanol–water partition coefficient (Wildman–Crippen LogP) is 5.17. The number of fused-ring (bicyclic) bond motifs is 1. The molecule has 0 radical (unpaired) electrons. The summed E-state index contributed by atoms with van der Waals surface area (Å²) in [7, 11) is 1.67. The van der Waals surface area contributed by atoms with Crippen molar-refractivity contribution in [2.45, 2.75) is 77.5 Å². The Morgan fingerprint density at radius 3 is 2.62 bits per heavy atom. The van der Waals surface area contributed by atoms with Crippen LogP contribution in [0.2, 0.25) is 0 Å². The monoisotopic (exact) mass is 500 g/mol. The number of tetrazole rings is 1. The Balaban J connectivity index is 1.48. The second kappa shape index (κ2) is 11.3. The van der Waals surface area contributed by atoms with E-state index in [0.717, 1.165) is 58.4 Å². The molecular formula is C29H36N6O2. The first-order valence-electron chi connectivity index (χ1n) is 13.3. The molecule has 0 unspecified atom stereocenters. The molecule has 2 aromatic carbocycles. The number of methoxy groups -OCH3 is 1. The van der Waals surface area contributed by atoms with Gasteiger partial charge in [0.2, 0.25) is 0 Å². The highest BCUT2D eigenvalue weighted by Crippen LogP contribution is 2.33. The van der Waals surface area contributed by atoms with Crippen molar-refractivity contribution in [2.75, 3.05) is 7.11 Å². The van der Waals surface area contributed by atoms with Crippen LogP contribution in [0.5, 0.6) is 5.75 Å². The maximum Gasteiger partial charge on any atom is 0.252 e. The molecular weight excluding hydrogens is 464 g/mol. The number of aromatic nitrogens is 5. The minimum Gasteiger partial charge on any atom is -0.497 e. The van der Waals surface area contributed by atoms with Gasteiger partial charge in [-0.2, -0.15) is 0 Å². The third kappa shape index (κ3) is 5.59. The van der Waals surface area contributed by atoms with E-state index in [9.17, 15) is 4.79 Å². The molecule has 2 aromatic heterocycles. The lowest BCUT2D eigenvalue weighted by molar-refractivity contribution is 0.0844. The molecule has 1 saturated carbocycles. The van der Waals surface area contributed by atoms with Gasteiger partial charge in [-0.25, -0.2) is 4.68 Å². The van der Waals surface area contributed by atoms with Crippen molar-refractivity contribution >= 4 is 10.9 Å². The van der Waals surface area contributed by atoms with Crippen molar-refractivity contribution in [1.29, 1.82) is 0 Å². The molecule has 1 N–H and O–H groups in total. The zero-order valence-electron chi connectivity index (χ0n) is 22.0. The Labute approximate surface area is 217 Å². The summed E-state index contributed by atoms with van der Waals surface area (Å²) in [5.74, 6) is 1.67. The Hall–Kier alpha value is -3.52. The molecule has 0 amide bonds. The lowest BCUT2D eigenvalue weighted by Gasteiger charge is -2.39.